The number of ether oxygens (including phenoxy) is 2. The minimum atomic E-state index is -4.87. The number of hydrogen-bond donors (Lipinski definition) is 2. The SMILES string of the molecule is CC(C)(CNC(=O)C(F)(F)F)SSCOC1C[C@H](CC2CCC2)O[C@@H]1CO. The normalized spacial score (nSPS) is 26.8. The fourth-order valence-electron chi connectivity index (χ4n) is 3.11. The van der Waals surface area contributed by atoms with Crippen LogP contribution in [0.2, 0.25) is 0 Å². The van der Waals surface area contributed by atoms with Gasteiger partial charge in [0.15, 0.2) is 0 Å². The number of halogens is 3. The van der Waals surface area contributed by atoms with E-state index < -0.39 is 16.8 Å². The van der Waals surface area contributed by atoms with Crippen LogP contribution < -0.4 is 5.32 Å². The third-order valence-electron chi connectivity index (χ3n) is 4.82. The summed E-state index contributed by atoms with van der Waals surface area (Å²) in [7, 11) is 2.73. The lowest BCUT2D eigenvalue weighted by atomic mass is 9.81. The van der Waals surface area contributed by atoms with E-state index in [0.717, 1.165) is 18.8 Å². The molecule has 1 saturated carbocycles. The summed E-state index contributed by atoms with van der Waals surface area (Å²) in [6.45, 7) is 3.33. The maximum absolute atomic E-state index is 12.2. The first-order valence-corrected chi connectivity index (χ1v) is 11.5. The fraction of sp³-hybridized carbons (Fsp3) is 0.941. The number of carbonyl (C=O) groups excluding carboxylic acids is 1. The van der Waals surface area contributed by atoms with Gasteiger partial charge in [0.2, 0.25) is 0 Å². The Kier molecular flexibility index (Phi) is 8.60. The molecule has 3 atom stereocenters. The van der Waals surface area contributed by atoms with Crippen molar-refractivity contribution in [3.63, 3.8) is 0 Å². The largest absolute Gasteiger partial charge is 0.471 e. The molecule has 0 spiro atoms. The van der Waals surface area contributed by atoms with Crippen molar-refractivity contribution < 1.29 is 32.5 Å². The first-order chi connectivity index (χ1) is 12.6. The second kappa shape index (κ2) is 10.0. The molecule has 0 aromatic carbocycles. The molecule has 1 saturated heterocycles. The number of hydrogen-bond acceptors (Lipinski definition) is 6. The predicted octanol–water partition coefficient (Wildman–Crippen LogP) is 3.51. The van der Waals surface area contributed by atoms with Gasteiger partial charge in [0.1, 0.15) is 12.0 Å². The first kappa shape index (κ1) is 23.1. The second-order valence-electron chi connectivity index (χ2n) is 7.71. The quantitative estimate of drug-likeness (QED) is 0.314. The molecule has 1 unspecified atom stereocenters. The molecule has 1 heterocycles. The Morgan fingerprint density at radius 1 is 1.33 bits per heavy atom. The molecular formula is C17H28F3NO4S2. The Morgan fingerprint density at radius 3 is 2.59 bits per heavy atom. The van der Waals surface area contributed by atoms with Gasteiger partial charge in [-0.25, -0.2) is 0 Å². The Morgan fingerprint density at radius 2 is 2.04 bits per heavy atom. The molecule has 2 N–H and O–H groups in total. The Labute approximate surface area is 165 Å². The van der Waals surface area contributed by atoms with Crippen LogP contribution in [0.3, 0.4) is 0 Å². The van der Waals surface area contributed by atoms with Gasteiger partial charge in [-0.1, -0.05) is 40.9 Å². The molecule has 158 valence electrons. The maximum atomic E-state index is 12.2. The van der Waals surface area contributed by atoms with E-state index in [2.05, 4.69) is 0 Å². The lowest BCUT2D eigenvalue weighted by Crippen LogP contribution is -2.42. The molecular weight excluding hydrogens is 403 g/mol. The number of aliphatic hydroxyl groups is 1. The van der Waals surface area contributed by atoms with Gasteiger partial charge in [0.25, 0.3) is 0 Å². The highest BCUT2D eigenvalue weighted by Crippen LogP contribution is 2.38. The molecule has 1 aliphatic heterocycles. The van der Waals surface area contributed by atoms with Gasteiger partial charge in [0, 0.05) is 17.7 Å². The summed E-state index contributed by atoms with van der Waals surface area (Å²) in [6.07, 6.45) is 0.346. The van der Waals surface area contributed by atoms with Crippen molar-refractivity contribution in [2.75, 3.05) is 19.1 Å². The van der Waals surface area contributed by atoms with Crippen LogP contribution in [0.4, 0.5) is 13.2 Å². The average molecular weight is 432 g/mol. The lowest BCUT2D eigenvalue weighted by Gasteiger charge is -2.27. The van der Waals surface area contributed by atoms with Gasteiger partial charge in [0.05, 0.1) is 18.8 Å². The van der Waals surface area contributed by atoms with Crippen molar-refractivity contribution in [2.24, 2.45) is 5.92 Å². The molecule has 2 fully saturated rings. The summed E-state index contributed by atoms with van der Waals surface area (Å²) < 4.78 is 47.8. The van der Waals surface area contributed by atoms with E-state index in [1.54, 1.807) is 13.8 Å². The number of nitrogens with one attached hydrogen (secondary N) is 1. The molecule has 10 heteroatoms. The lowest BCUT2D eigenvalue weighted by molar-refractivity contribution is -0.173. The van der Waals surface area contributed by atoms with E-state index in [-0.39, 0.29) is 31.5 Å². The smallest absolute Gasteiger partial charge is 0.394 e. The maximum Gasteiger partial charge on any atom is 0.471 e. The fourth-order valence-corrected chi connectivity index (χ4v) is 5.28. The highest BCUT2D eigenvalue weighted by Gasteiger charge is 2.40. The van der Waals surface area contributed by atoms with Crippen LogP contribution in [0.15, 0.2) is 0 Å². The summed E-state index contributed by atoms with van der Waals surface area (Å²) in [5, 5.41) is 11.4. The molecule has 5 nitrogen and oxygen atoms in total. The van der Waals surface area contributed by atoms with Crippen LogP contribution in [0, 0.1) is 5.92 Å². The molecule has 0 radical (unpaired) electrons. The van der Waals surface area contributed by atoms with E-state index in [0.29, 0.717) is 5.94 Å². The van der Waals surface area contributed by atoms with Crippen LogP contribution in [-0.4, -0.2) is 59.3 Å². The van der Waals surface area contributed by atoms with Gasteiger partial charge in [-0.3, -0.25) is 4.79 Å². The minimum absolute atomic E-state index is 0.0847. The van der Waals surface area contributed by atoms with Crippen molar-refractivity contribution in [3.8, 4) is 0 Å². The van der Waals surface area contributed by atoms with Crippen LogP contribution >= 0.6 is 21.6 Å². The molecule has 2 aliphatic rings. The standard InChI is InChI=1S/C17H28F3NO4S2/c1-16(2,9-21-15(23)17(18,19)20)27-26-10-24-13-7-12(25-14(13)8-22)6-11-4-3-5-11/h11-14,22H,3-10H2,1-2H3,(H,21,23)/t12-,13?,14+/m0/s1. The predicted molar refractivity (Wildman–Crippen MR) is 100 cm³/mol. The molecule has 0 aromatic rings. The number of amides is 1. The molecule has 2 rings (SSSR count). The molecule has 1 amide bonds. The zero-order valence-corrected chi connectivity index (χ0v) is 17.2. The number of carbonyl (C=O) groups is 1. The van der Waals surface area contributed by atoms with Gasteiger partial charge < -0.3 is 19.9 Å². The van der Waals surface area contributed by atoms with E-state index in [4.69, 9.17) is 9.47 Å². The van der Waals surface area contributed by atoms with Gasteiger partial charge >= 0.3 is 12.1 Å². The van der Waals surface area contributed by atoms with E-state index in [9.17, 15) is 23.1 Å². The number of rotatable bonds is 10. The summed E-state index contributed by atoms with van der Waals surface area (Å²) in [5.74, 6) is -0.864. The highest BCUT2D eigenvalue weighted by molar-refractivity contribution is 8.77. The Bertz CT molecular complexity index is 489. The van der Waals surface area contributed by atoms with Crippen LogP contribution in [-0.2, 0) is 14.3 Å². The second-order valence-corrected chi connectivity index (χ2v) is 10.7. The summed E-state index contributed by atoms with van der Waals surface area (Å²) in [5.41, 5.74) is 0. The third-order valence-corrected chi connectivity index (χ3v) is 7.77. The number of aliphatic hydroxyl groups excluding tert-OH is 1. The van der Waals surface area contributed by atoms with Gasteiger partial charge in [-0.2, -0.15) is 13.2 Å². The molecule has 0 bridgehead atoms. The molecule has 27 heavy (non-hydrogen) atoms. The highest BCUT2D eigenvalue weighted by atomic mass is 33.1. The van der Waals surface area contributed by atoms with Crippen molar-refractivity contribution in [3.05, 3.63) is 0 Å². The van der Waals surface area contributed by atoms with Crippen molar-refractivity contribution in [2.45, 2.75) is 75.2 Å². The molecule has 0 aromatic heterocycles. The van der Waals surface area contributed by atoms with Crippen molar-refractivity contribution in [1.82, 2.24) is 5.32 Å². The van der Waals surface area contributed by atoms with Crippen molar-refractivity contribution in [1.29, 1.82) is 0 Å². The Hall–Kier alpha value is -0.160. The summed E-state index contributed by atoms with van der Waals surface area (Å²) >= 11 is 0. The molecule has 1 aliphatic carbocycles. The topological polar surface area (TPSA) is 67.8 Å². The van der Waals surface area contributed by atoms with Crippen molar-refractivity contribution >= 4 is 27.5 Å². The van der Waals surface area contributed by atoms with Crippen LogP contribution in [0.1, 0.15) is 46.0 Å². The first-order valence-electron chi connectivity index (χ1n) is 9.14. The average Bonchev–Trinajstić information content (AvgIpc) is 2.94. The minimum Gasteiger partial charge on any atom is -0.394 e. The summed E-state index contributed by atoms with van der Waals surface area (Å²) in [6, 6.07) is 0. The number of alkyl halides is 3. The van der Waals surface area contributed by atoms with Crippen LogP contribution in [0.5, 0.6) is 0 Å². The van der Waals surface area contributed by atoms with E-state index in [1.807, 2.05) is 5.32 Å². The van der Waals surface area contributed by atoms with Gasteiger partial charge in [-0.05, 0) is 26.2 Å². The van der Waals surface area contributed by atoms with E-state index >= 15 is 0 Å². The zero-order chi connectivity index (χ0) is 20.1. The van der Waals surface area contributed by atoms with Crippen LogP contribution in [0.25, 0.3) is 0 Å². The third kappa shape index (κ3) is 7.64. The van der Waals surface area contributed by atoms with E-state index in [1.165, 1.54) is 40.9 Å². The monoisotopic (exact) mass is 431 g/mol. The zero-order valence-electron chi connectivity index (χ0n) is 15.6. The Balaban J connectivity index is 1.64. The van der Waals surface area contributed by atoms with Gasteiger partial charge in [-0.15, -0.1) is 0 Å². The summed E-state index contributed by atoms with van der Waals surface area (Å²) in [4.78, 5) is 10.9.